The van der Waals surface area contributed by atoms with Crippen LogP contribution in [0.15, 0.2) is 0 Å². The Kier molecular flexibility index (Phi) is 4.07. The molecule has 1 unspecified atom stereocenters. The van der Waals surface area contributed by atoms with E-state index in [1.54, 1.807) is 0 Å². The highest BCUT2D eigenvalue weighted by Crippen LogP contribution is 2.23. The second-order valence-electron chi connectivity index (χ2n) is 4.73. The largest absolute Gasteiger partial charge is 0.306 e. The zero-order chi connectivity index (χ0) is 8.97. The third-order valence-electron chi connectivity index (χ3n) is 2.88. The van der Waals surface area contributed by atoms with Crippen LogP contribution < -0.4 is 0 Å². The zero-order valence-corrected chi connectivity index (χ0v) is 8.84. The summed E-state index contributed by atoms with van der Waals surface area (Å²) in [6, 6.07) is 0. The van der Waals surface area contributed by atoms with Crippen LogP contribution >= 0.6 is 0 Å². The average Bonchev–Trinajstić information content (AvgIpc) is 2.15. The Morgan fingerprint density at radius 2 is 2.00 bits per heavy atom. The Bertz CT molecular complexity index is 120. The average molecular weight is 169 g/mol. The first-order valence-electron chi connectivity index (χ1n) is 5.37. The molecule has 0 saturated carbocycles. The van der Waals surface area contributed by atoms with Crippen molar-refractivity contribution in [3.63, 3.8) is 0 Å². The molecule has 0 spiro atoms. The number of rotatable bonds is 2. The summed E-state index contributed by atoms with van der Waals surface area (Å²) in [6.07, 6.45) is 5.74. The molecule has 0 N–H and O–H groups in total. The second kappa shape index (κ2) is 4.86. The summed E-state index contributed by atoms with van der Waals surface area (Å²) in [5.74, 6) is 1.90. The van der Waals surface area contributed by atoms with Crippen LogP contribution in [0.2, 0.25) is 0 Å². The quantitative estimate of drug-likeness (QED) is 0.614. The van der Waals surface area contributed by atoms with Gasteiger partial charge in [0.25, 0.3) is 0 Å². The molecule has 1 nitrogen and oxygen atoms in total. The van der Waals surface area contributed by atoms with Crippen molar-refractivity contribution in [3.05, 3.63) is 0 Å². The first-order valence-corrected chi connectivity index (χ1v) is 5.37. The smallest absolute Gasteiger partial charge is 0.00191 e. The molecule has 0 aromatic carbocycles. The van der Waals surface area contributed by atoms with E-state index in [2.05, 4.69) is 25.8 Å². The molecule has 1 aliphatic rings. The van der Waals surface area contributed by atoms with Gasteiger partial charge in [0.2, 0.25) is 0 Å². The molecule has 1 heteroatoms. The summed E-state index contributed by atoms with van der Waals surface area (Å²) < 4.78 is 0. The van der Waals surface area contributed by atoms with Crippen LogP contribution in [0.3, 0.4) is 0 Å². The minimum Gasteiger partial charge on any atom is -0.306 e. The lowest BCUT2D eigenvalue weighted by molar-refractivity contribution is 0.329. The van der Waals surface area contributed by atoms with E-state index in [4.69, 9.17) is 0 Å². The lowest BCUT2D eigenvalue weighted by Crippen LogP contribution is -2.19. The van der Waals surface area contributed by atoms with E-state index in [1.165, 1.54) is 38.8 Å². The maximum absolute atomic E-state index is 2.47. The van der Waals surface area contributed by atoms with Gasteiger partial charge in [-0.3, -0.25) is 0 Å². The van der Waals surface area contributed by atoms with Crippen LogP contribution in [-0.2, 0) is 0 Å². The van der Waals surface area contributed by atoms with Gasteiger partial charge in [-0.1, -0.05) is 13.8 Å². The van der Waals surface area contributed by atoms with Crippen LogP contribution in [0.5, 0.6) is 0 Å². The summed E-state index contributed by atoms with van der Waals surface area (Å²) in [6.45, 7) is 7.31. The molecule has 1 atom stereocenters. The van der Waals surface area contributed by atoms with Gasteiger partial charge in [-0.25, -0.2) is 0 Å². The van der Waals surface area contributed by atoms with Crippen molar-refractivity contribution in [2.24, 2.45) is 11.8 Å². The fourth-order valence-electron chi connectivity index (χ4n) is 2.21. The van der Waals surface area contributed by atoms with E-state index in [9.17, 15) is 0 Å². The first-order chi connectivity index (χ1) is 5.68. The van der Waals surface area contributed by atoms with Crippen LogP contribution in [-0.4, -0.2) is 25.0 Å². The molecule has 1 heterocycles. The van der Waals surface area contributed by atoms with Gasteiger partial charge in [-0.15, -0.1) is 0 Å². The first kappa shape index (κ1) is 10.0. The van der Waals surface area contributed by atoms with E-state index >= 15 is 0 Å². The highest BCUT2D eigenvalue weighted by atomic mass is 15.1. The number of nitrogens with zero attached hydrogens (tertiary/aromatic N) is 1. The molecule has 0 bridgehead atoms. The summed E-state index contributed by atoms with van der Waals surface area (Å²) >= 11 is 0. The Labute approximate surface area is 77.1 Å². The third kappa shape index (κ3) is 3.57. The molecule has 0 radical (unpaired) electrons. The molecule has 12 heavy (non-hydrogen) atoms. The van der Waals surface area contributed by atoms with Crippen molar-refractivity contribution in [1.29, 1.82) is 0 Å². The van der Waals surface area contributed by atoms with Gasteiger partial charge in [0.1, 0.15) is 0 Å². The summed E-state index contributed by atoms with van der Waals surface area (Å²) in [7, 11) is 2.25. The van der Waals surface area contributed by atoms with Crippen molar-refractivity contribution in [3.8, 4) is 0 Å². The van der Waals surface area contributed by atoms with Crippen LogP contribution in [0.25, 0.3) is 0 Å². The van der Waals surface area contributed by atoms with Gasteiger partial charge >= 0.3 is 0 Å². The van der Waals surface area contributed by atoms with Crippen LogP contribution in [0.1, 0.15) is 39.5 Å². The van der Waals surface area contributed by atoms with Crippen molar-refractivity contribution in [1.82, 2.24) is 4.90 Å². The predicted octanol–water partition coefficient (Wildman–Crippen LogP) is 2.76. The molecular weight excluding hydrogens is 146 g/mol. The Hall–Kier alpha value is -0.0400. The molecular formula is C11H23N. The fourth-order valence-corrected chi connectivity index (χ4v) is 2.21. The minimum atomic E-state index is 0.887. The molecule has 1 rings (SSSR count). The zero-order valence-electron chi connectivity index (χ0n) is 8.84. The molecule has 0 aromatic heterocycles. The van der Waals surface area contributed by atoms with Crippen LogP contribution in [0.4, 0.5) is 0 Å². The second-order valence-corrected chi connectivity index (χ2v) is 4.73. The molecule has 72 valence electrons. The van der Waals surface area contributed by atoms with Crippen molar-refractivity contribution in [2.45, 2.75) is 39.5 Å². The van der Waals surface area contributed by atoms with E-state index in [0.717, 1.165) is 11.8 Å². The van der Waals surface area contributed by atoms with Crippen LogP contribution in [0, 0.1) is 11.8 Å². The standard InChI is InChI=1S/C11H23N/c1-10(2)9-11-5-4-7-12(3)8-6-11/h10-11H,4-9H2,1-3H3. The van der Waals surface area contributed by atoms with Gasteiger partial charge in [0, 0.05) is 0 Å². The van der Waals surface area contributed by atoms with Gasteiger partial charge in [-0.2, -0.15) is 0 Å². The lowest BCUT2D eigenvalue weighted by Gasteiger charge is -2.16. The van der Waals surface area contributed by atoms with Gasteiger partial charge < -0.3 is 4.90 Å². The van der Waals surface area contributed by atoms with E-state index in [-0.39, 0.29) is 0 Å². The Morgan fingerprint density at radius 1 is 1.25 bits per heavy atom. The Balaban J connectivity index is 2.26. The topological polar surface area (TPSA) is 3.24 Å². The molecule has 0 aliphatic carbocycles. The predicted molar refractivity (Wildman–Crippen MR) is 54.3 cm³/mol. The van der Waals surface area contributed by atoms with Crippen molar-refractivity contribution < 1.29 is 0 Å². The van der Waals surface area contributed by atoms with E-state index < -0.39 is 0 Å². The maximum Gasteiger partial charge on any atom is -0.00191 e. The van der Waals surface area contributed by atoms with E-state index in [1.807, 2.05) is 0 Å². The summed E-state index contributed by atoms with van der Waals surface area (Å²) in [4.78, 5) is 2.47. The fraction of sp³-hybridized carbons (Fsp3) is 1.00. The summed E-state index contributed by atoms with van der Waals surface area (Å²) in [5, 5.41) is 0. The molecule has 1 fully saturated rings. The summed E-state index contributed by atoms with van der Waals surface area (Å²) in [5.41, 5.74) is 0. The highest BCUT2D eigenvalue weighted by Gasteiger charge is 2.15. The van der Waals surface area contributed by atoms with Crippen molar-refractivity contribution >= 4 is 0 Å². The number of hydrogen-bond donors (Lipinski definition) is 0. The minimum absolute atomic E-state index is 0.887. The molecule has 0 aromatic rings. The number of likely N-dealkylation sites (tertiary alicyclic amines) is 1. The molecule has 1 saturated heterocycles. The monoisotopic (exact) mass is 169 g/mol. The molecule has 0 amide bonds. The number of hydrogen-bond acceptors (Lipinski definition) is 1. The SMILES string of the molecule is CC(C)CC1CCCN(C)CC1. The Morgan fingerprint density at radius 3 is 2.67 bits per heavy atom. The highest BCUT2D eigenvalue weighted by molar-refractivity contribution is 4.68. The van der Waals surface area contributed by atoms with E-state index in [0.29, 0.717) is 0 Å². The molecule has 1 aliphatic heterocycles. The normalized spacial score (nSPS) is 27.5. The van der Waals surface area contributed by atoms with Gasteiger partial charge in [0.15, 0.2) is 0 Å². The van der Waals surface area contributed by atoms with Crippen molar-refractivity contribution in [2.75, 3.05) is 20.1 Å². The maximum atomic E-state index is 2.47. The third-order valence-corrected chi connectivity index (χ3v) is 2.88. The van der Waals surface area contributed by atoms with Gasteiger partial charge in [0.05, 0.1) is 0 Å². The van der Waals surface area contributed by atoms with Gasteiger partial charge in [-0.05, 0) is 57.7 Å². The lowest BCUT2D eigenvalue weighted by atomic mass is 9.91.